The maximum absolute atomic E-state index is 4.63. The molecule has 4 heteroatoms. The van der Waals surface area contributed by atoms with Crippen LogP contribution in [-0.4, -0.2) is 34.5 Å². The van der Waals surface area contributed by atoms with Gasteiger partial charge in [0.25, 0.3) is 0 Å². The van der Waals surface area contributed by atoms with Crippen molar-refractivity contribution in [2.45, 2.75) is 57.0 Å². The third kappa shape index (κ3) is 2.50. The maximum Gasteiger partial charge on any atom is 0.150 e. The van der Waals surface area contributed by atoms with Crippen molar-refractivity contribution in [1.29, 1.82) is 0 Å². The van der Waals surface area contributed by atoms with Crippen molar-refractivity contribution in [2.75, 3.05) is 18.0 Å². The molecule has 2 fully saturated rings. The Morgan fingerprint density at radius 1 is 1.37 bits per heavy atom. The average molecular weight is 262 g/mol. The van der Waals surface area contributed by atoms with Gasteiger partial charge in [0, 0.05) is 44.0 Å². The molecule has 1 aliphatic carbocycles. The second-order valence-corrected chi connectivity index (χ2v) is 6.26. The van der Waals surface area contributed by atoms with Crippen LogP contribution in [0.15, 0.2) is 12.3 Å². The second-order valence-electron chi connectivity index (χ2n) is 6.26. The van der Waals surface area contributed by atoms with E-state index in [1.807, 2.05) is 11.7 Å². The Labute approximate surface area is 116 Å². The normalized spacial score (nSPS) is 26.8. The molecule has 0 amide bonds. The zero-order valence-electron chi connectivity index (χ0n) is 12.2. The zero-order chi connectivity index (χ0) is 13.3. The molecule has 1 aromatic heterocycles. The summed E-state index contributed by atoms with van der Waals surface area (Å²) in [7, 11) is 2.00. The van der Waals surface area contributed by atoms with E-state index in [1.165, 1.54) is 38.5 Å². The van der Waals surface area contributed by atoms with Crippen LogP contribution in [-0.2, 0) is 7.05 Å². The molecule has 1 unspecified atom stereocenters. The minimum atomic E-state index is 0.349. The van der Waals surface area contributed by atoms with E-state index >= 15 is 0 Å². The van der Waals surface area contributed by atoms with Gasteiger partial charge in [-0.05, 0) is 19.3 Å². The van der Waals surface area contributed by atoms with E-state index in [0.717, 1.165) is 18.9 Å². The van der Waals surface area contributed by atoms with Gasteiger partial charge in [-0.1, -0.05) is 26.2 Å². The fraction of sp³-hybridized carbons (Fsp3) is 0.800. The van der Waals surface area contributed by atoms with Crippen molar-refractivity contribution in [1.82, 2.24) is 15.1 Å². The summed E-state index contributed by atoms with van der Waals surface area (Å²) >= 11 is 0. The van der Waals surface area contributed by atoms with E-state index in [0.29, 0.717) is 11.6 Å². The standard InChI is InChI=1S/C15H26N4/c1-3-13-11-16-15(8-5-4-6-9-15)12-19(13)14-7-10-18(2)17-14/h7,10,13,16H,3-6,8-9,11-12H2,1-2H3. The summed E-state index contributed by atoms with van der Waals surface area (Å²) in [5.41, 5.74) is 0.349. The molecule has 3 rings (SSSR count). The average Bonchev–Trinajstić information content (AvgIpc) is 2.86. The molecular formula is C15H26N4. The lowest BCUT2D eigenvalue weighted by atomic mass is 9.79. The van der Waals surface area contributed by atoms with Gasteiger partial charge in [-0.3, -0.25) is 4.68 Å². The largest absolute Gasteiger partial charge is 0.349 e. The van der Waals surface area contributed by atoms with Gasteiger partial charge in [0.1, 0.15) is 0 Å². The molecule has 1 saturated carbocycles. The number of hydrogen-bond acceptors (Lipinski definition) is 3. The number of anilines is 1. The number of rotatable bonds is 2. The number of piperazine rings is 1. The molecule has 1 spiro atoms. The fourth-order valence-electron chi connectivity index (χ4n) is 3.71. The molecule has 2 heterocycles. The van der Waals surface area contributed by atoms with Gasteiger partial charge in [0.2, 0.25) is 0 Å². The van der Waals surface area contributed by atoms with Crippen LogP contribution in [0, 0.1) is 0 Å². The molecule has 1 saturated heterocycles. The van der Waals surface area contributed by atoms with E-state index in [1.54, 1.807) is 0 Å². The van der Waals surface area contributed by atoms with Crippen LogP contribution in [0.4, 0.5) is 5.82 Å². The van der Waals surface area contributed by atoms with Crippen LogP contribution >= 0.6 is 0 Å². The van der Waals surface area contributed by atoms with E-state index in [9.17, 15) is 0 Å². The SMILES string of the molecule is CCC1CNC2(CCCCC2)CN1c1ccn(C)n1. The van der Waals surface area contributed by atoms with Crippen molar-refractivity contribution in [3.05, 3.63) is 12.3 Å². The Bertz CT molecular complexity index is 420. The molecule has 0 radical (unpaired) electrons. The first-order chi connectivity index (χ1) is 9.22. The van der Waals surface area contributed by atoms with Crippen LogP contribution in [0.5, 0.6) is 0 Å². The molecule has 1 N–H and O–H groups in total. The second kappa shape index (κ2) is 5.16. The number of aromatic nitrogens is 2. The lowest BCUT2D eigenvalue weighted by Crippen LogP contribution is -2.65. The molecule has 0 bridgehead atoms. The summed E-state index contributed by atoms with van der Waals surface area (Å²) in [6, 6.07) is 2.74. The van der Waals surface area contributed by atoms with Gasteiger partial charge >= 0.3 is 0 Å². The van der Waals surface area contributed by atoms with Gasteiger partial charge in [-0.15, -0.1) is 0 Å². The number of nitrogens with one attached hydrogen (secondary N) is 1. The number of aryl methyl sites for hydroxylation is 1. The highest BCUT2D eigenvalue weighted by Crippen LogP contribution is 2.33. The molecule has 19 heavy (non-hydrogen) atoms. The highest BCUT2D eigenvalue weighted by molar-refractivity contribution is 5.40. The third-order valence-corrected chi connectivity index (χ3v) is 4.90. The predicted molar refractivity (Wildman–Crippen MR) is 78.5 cm³/mol. The van der Waals surface area contributed by atoms with Crippen LogP contribution in [0.25, 0.3) is 0 Å². The zero-order valence-corrected chi connectivity index (χ0v) is 12.2. The van der Waals surface area contributed by atoms with Gasteiger partial charge in [-0.2, -0.15) is 5.10 Å². The van der Waals surface area contributed by atoms with Gasteiger partial charge < -0.3 is 10.2 Å². The van der Waals surface area contributed by atoms with Gasteiger partial charge in [0.15, 0.2) is 5.82 Å². The first kappa shape index (κ1) is 13.0. The summed E-state index contributed by atoms with van der Waals surface area (Å²) in [4.78, 5) is 2.54. The maximum atomic E-state index is 4.63. The minimum absolute atomic E-state index is 0.349. The summed E-state index contributed by atoms with van der Waals surface area (Å²) in [5, 5.41) is 8.49. The van der Waals surface area contributed by atoms with Crippen LogP contribution < -0.4 is 10.2 Å². The number of hydrogen-bond donors (Lipinski definition) is 1. The third-order valence-electron chi connectivity index (χ3n) is 4.90. The van der Waals surface area contributed by atoms with Gasteiger partial charge in [-0.25, -0.2) is 0 Å². The van der Waals surface area contributed by atoms with Crippen LogP contribution in [0.1, 0.15) is 45.4 Å². The van der Waals surface area contributed by atoms with E-state index in [-0.39, 0.29) is 0 Å². The lowest BCUT2D eigenvalue weighted by Gasteiger charge is -2.49. The van der Waals surface area contributed by atoms with Crippen molar-refractivity contribution < 1.29 is 0 Å². The van der Waals surface area contributed by atoms with Crippen molar-refractivity contribution in [3.8, 4) is 0 Å². The lowest BCUT2D eigenvalue weighted by molar-refractivity contribution is 0.195. The molecule has 4 nitrogen and oxygen atoms in total. The highest BCUT2D eigenvalue weighted by atomic mass is 15.4. The molecule has 1 aromatic rings. The molecular weight excluding hydrogens is 236 g/mol. The molecule has 106 valence electrons. The minimum Gasteiger partial charge on any atom is -0.349 e. The molecule has 1 aliphatic heterocycles. The monoisotopic (exact) mass is 262 g/mol. The summed E-state index contributed by atoms with van der Waals surface area (Å²) < 4.78 is 1.91. The van der Waals surface area contributed by atoms with Gasteiger partial charge in [0.05, 0.1) is 0 Å². The molecule has 2 aliphatic rings. The Hall–Kier alpha value is -1.03. The Kier molecular flexibility index (Phi) is 3.52. The topological polar surface area (TPSA) is 33.1 Å². The Morgan fingerprint density at radius 3 is 2.79 bits per heavy atom. The summed E-state index contributed by atoms with van der Waals surface area (Å²) in [5.74, 6) is 1.15. The summed E-state index contributed by atoms with van der Waals surface area (Å²) in [6.45, 7) is 4.51. The smallest absolute Gasteiger partial charge is 0.150 e. The van der Waals surface area contributed by atoms with E-state index in [2.05, 4.69) is 34.5 Å². The Balaban J connectivity index is 1.81. The molecule has 0 aromatic carbocycles. The van der Waals surface area contributed by atoms with Crippen molar-refractivity contribution in [3.63, 3.8) is 0 Å². The van der Waals surface area contributed by atoms with Crippen LogP contribution in [0.2, 0.25) is 0 Å². The van der Waals surface area contributed by atoms with E-state index < -0.39 is 0 Å². The summed E-state index contributed by atoms with van der Waals surface area (Å²) in [6.07, 6.45) is 10.0. The van der Waals surface area contributed by atoms with E-state index in [4.69, 9.17) is 0 Å². The van der Waals surface area contributed by atoms with Crippen LogP contribution in [0.3, 0.4) is 0 Å². The fourth-order valence-corrected chi connectivity index (χ4v) is 3.71. The first-order valence-electron chi connectivity index (χ1n) is 7.74. The quantitative estimate of drug-likeness (QED) is 0.888. The number of nitrogens with zero attached hydrogens (tertiary/aromatic N) is 3. The predicted octanol–water partition coefficient (Wildman–Crippen LogP) is 2.31. The highest BCUT2D eigenvalue weighted by Gasteiger charge is 2.39. The molecule has 1 atom stereocenters. The Morgan fingerprint density at radius 2 is 2.16 bits per heavy atom. The van der Waals surface area contributed by atoms with Crippen molar-refractivity contribution in [2.24, 2.45) is 7.05 Å². The first-order valence-corrected chi connectivity index (χ1v) is 7.74. The van der Waals surface area contributed by atoms with Crippen molar-refractivity contribution >= 4 is 5.82 Å².